The number of rotatable bonds is 4. The fourth-order valence-corrected chi connectivity index (χ4v) is 6.14. The van der Waals surface area contributed by atoms with Crippen LogP contribution in [0.5, 0.6) is 0 Å². The largest absolute Gasteiger partial charge is 0.310 e. The highest BCUT2D eigenvalue weighted by Gasteiger charge is 2.13. The molecule has 0 radical (unpaired) electrons. The van der Waals surface area contributed by atoms with Gasteiger partial charge in [-0.25, -0.2) is 0 Å². The van der Waals surface area contributed by atoms with Crippen molar-refractivity contribution in [3.8, 4) is 11.1 Å². The third-order valence-electron chi connectivity index (χ3n) is 8.21. The average molecular weight is 522 g/mol. The van der Waals surface area contributed by atoms with Crippen molar-refractivity contribution >= 4 is 60.2 Å². The minimum absolute atomic E-state index is 1.13. The summed E-state index contributed by atoms with van der Waals surface area (Å²) in [5.41, 5.74) is 5.85. The Kier molecular flexibility index (Phi) is 5.53. The lowest BCUT2D eigenvalue weighted by Crippen LogP contribution is -2.09. The molecule has 0 amide bonds. The van der Waals surface area contributed by atoms with Crippen LogP contribution in [0.1, 0.15) is 0 Å². The van der Waals surface area contributed by atoms with E-state index in [2.05, 4.69) is 169 Å². The Hall–Kier alpha value is -5.40. The topological polar surface area (TPSA) is 3.24 Å². The summed E-state index contributed by atoms with van der Waals surface area (Å²) >= 11 is 0. The van der Waals surface area contributed by atoms with Gasteiger partial charge in [0.05, 0.1) is 0 Å². The molecule has 0 N–H and O–H groups in total. The summed E-state index contributed by atoms with van der Waals surface area (Å²) in [6.45, 7) is 0. The third-order valence-corrected chi connectivity index (χ3v) is 8.21. The smallest absolute Gasteiger partial charge is 0.0468 e. The lowest BCUT2D eigenvalue weighted by atomic mass is 9.94. The van der Waals surface area contributed by atoms with Gasteiger partial charge in [0.15, 0.2) is 0 Å². The predicted molar refractivity (Wildman–Crippen MR) is 177 cm³/mol. The molecule has 0 saturated heterocycles. The molecule has 1 heteroatoms. The Balaban J connectivity index is 1.22. The molecule has 0 unspecified atom stereocenters. The number of benzene rings is 8. The zero-order chi connectivity index (χ0) is 27.2. The first-order chi connectivity index (χ1) is 20.3. The van der Waals surface area contributed by atoms with Gasteiger partial charge in [-0.15, -0.1) is 0 Å². The van der Waals surface area contributed by atoms with Crippen LogP contribution in [-0.4, -0.2) is 0 Å². The quantitative estimate of drug-likeness (QED) is 0.208. The molecule has 192 valence electrons. The summed E-state index contributed by atoms with van der Waals surface area (Å²) in [5.74, 6) is 0. The van der Waals surface area contributed by atoms with Crippen LogP contribution in [0.15, 0.2) is 164 Å². The maximum atomic E-state index is 2.35. The fourth-order valence-electron chi connectivity index (χ4n) is 6.14. The Bertz CT molecular complexity index is 2190. The molecule has 0 aliphatic heterocycles. The van der Waals surface area contributed by atoms with Gasteiger partial charge in [0.25, 0.3) is 0 Å². The minimum atomic E-state index is 1.13. The highest BCUT2D eigenvalue weighted by atomic mass is 15.1. The van der Waals surface area contributed by atoms with E-state index in [-0.39, 0.29) is 0 Å². The number of hydrogen-bond acceptors (Lipinski definition) is 1. The molecule has 0 aliphatic carbocycles. The van der Waals surface area contributed by atoms with Gasteiger partial charge in [0.2, 0.25) is 0 Å². The molecular formula is C40H27N. The normalized spacial score (nSPS) is 11.4. The van der Waals surface area contributed by atoms with Crippen molar-refractivity contribution < 1.29 is 0 Å². The van der Waals surface area contributed by atoms with Crippen molar-refractivity contribution in [2.45, 2.75) is 0 Å². The van der Waals surface area contributed by atoms with Crippen LogP contribution in [0.3, 0.4) is 0 Å². The van der Waals surface area contributed by atoms with Crippen molar-refractivity contribution in [1.29, 1.82) is 0 Å². The van der Waals surface area contributed by atoms with Gasteiger partial charge < -0.3 is 4.90 Å². The summed E-state index contributed by atoms with van der Waals surface area (Å²) in [6, 6.07) is 59.3. The summed E-state index contributed by atoms with van der Waals surface area (Å²) in [7, 11) is 0. The van der Waals surface area contributed by atoms with Gasteiger partial charge in [-0.2, -0.15) is 0 Å². The van der Waals surface area contributed by atoms with Crippen LogP contribution < -0.4 is 4.90 Å². The fraction of sp³-hybridized carbons (Fsp3) is 0. The van der Waals surface area contributed by atoms with Crippen LogP contribution in [0.25, 0.3) is 54.2 Å². The van der Waals surface area contributed by atoms with Gasteiger partial charge in [-0.1, -0.05) is 121 Å². The SMILES string of the molecule is c1ccc(N(c2ccc(-c3ccc4ccc5c6ccccc6ccc5c4c3)cc2)c2ccc3ccccc3c2)cc1. The van der Waals surface area contributed by atoms with Gasteiger partial charge in [0, 0.05) is 17.1 Å². The van der Waals surface area contributed by atoms with E-state index in [1.54, 1.807) is 0 Å². The first-order valence-electron chi connectivity index (χ1n) is 14.1. The lowest BCUT2D eigenvalue weighted by Gasteiger charge is -2.26. The van der Waals surface area contributed by atoms with Crippen molar-refractivity contribution in [2.75, 3.05) is 4.90 Å². The predicted octanol–water partition coefficient (Wildman–Crippen LogP) is 11.4. The molecule has 1 nitrogen and oxygen atoms in total. The van der Waals surface area contributed by atoms with Gasteiger partial charge in [-0.05, 0) is 96.7 Å². The molecular weight excluding hydrogens is 494 g/mol. The average Bonchev–Trinajstić information content (AvgIpc) is 3.05. The first kappa shape index (κ1) is 23.5. The number of nitrogens with zero attached hydrogens (tertiary/aromatic N) is 1. The second-order valence-electron chi connectivity index (χ2n) is 10.6. The Morgan fingerprint density at radius 2 is 0.805 bits per heavy atom. The third kappa shape index (κ3) is 4.11. The summed E-state index contributed by atoms with van der Waals surface area (Å²) in [4.78, 5) is 2.33. The molecule has 0 aromatic heterocycles. The summed E-state index contributed by atoms with van der Waals surface area (Å²) < 4.78 is 0. The van der Waals surface area contributed by atoms with Crippen LogP contribution in [0.4, 0.5) is 17.1 Å². The van der Waals surface area contributed by atoms with Gasteiger partial charge in [-0.3, -0.25) is 0 Å². The van der Waals surface area contributed by atoms with Crippen molar-refractivity contribution in [3.63, 3.8) is 0 Å². The molecule has 8 rings (SSSR count). The molecule has 8 aromatic rings. The molecule has 0 fully saturated rings. The maximum absolute atomic E-state index is 2.35. The van der Waals surface area contributed by atoms with Gasteiger partial charge in [0.1, 0.15) is 0 Å². The van der Waals surface area contributed by atoms with Crippen molar-refractivity contribution in [1.82, 2.24) is 0 Å². The lowest BCUT2D eigenvalue weighted by molar-refractivity contribution is 1.29. The van der Waals surface area contributed by atoms with E-state index in [1.807, 2.05) is 0 Å². The van der Waals surface area contributed by atoms with Crippen LogP contribution in [0.2, 0.25) is 0 Å². The zero-order valence-electron chi connectivity index (χ0n) is 22.5. The van der Waals surface area contributed by atoms with Crippen molar-refractivity contribution in [2.24, 2.45) is 0 Å². The number of anilines is 3. The zero-order valence-corrected chi connectivity index (χ0v) is 22.5. The standard InChI is InChI=1S/C40H27N/c1-2-11-34(12-3-1)41(36-23-18-28-8-4-5-10-32(28)26-36)35-21-16-29(17-22-35)33-15-14-31-20-24-38-37-13-7-6-9-30(37)19-25-39(38)40(31)27-33/h1-27H. The molecule has 0 atom stereocenters. The number of hydrogen-bond donors (Lipinski definition) is 0. The number of para-hydroxylation sites is 1. The first-order valence-corrected chi connectivity index (χ1v) is 14.1. The van der Waals surface area contributed by atoms with E-state index in [4.69, 9.17) is 0 Å². The molecule has 0 heterocycles. The number of fused-ring (bicyclic) bond motifs is 6. The Labute approximate surface area is 239 Å². The molecule has 0 spiro atoms. The minimum Gasteiger partial charge on any atom is -0.310 e. The van der Waals surface area contributed by atoms with E-state index in [9.17, 15) is 0 Å². The molecule has 0 bridgehead atoms. The van der Waals surface area contributed by atoms with E-state index in [0.29, 0.717) is 0 Å². The molecule has 0 aliphatic rings. The Morgan fingerprint density at radius 3 is 1.61 bits per heavy atom. The van der Waals surface area contributed by atoms with E-state index in [1.165, 1.54) is 54.2 Å². The summed E-state index contributed by atoms with van der Waals surface area (Å²) in [5, 5.41) is 10.2. The molecule has 41 heavy (non-hydrogen) atoms. The van der Waals surface area contributed by atoms with E-state index >= 15 is 0 Å². The second-order valence-corrected chi connectivity index (χ2v) is 10.6. The van der Waals surface area contributed by atoms with E-state index in [0.717, 1.165) is 17.1 Å². The highest BCUT2D eigenvalue weighted by Crippen LogP contribution is 2.38. The highest BCUT2D eigenvalue weighted by molar-refractivity contribution is 6.17. The van der Waals surface area contributed by atoms with Crippen LogP contribution in [0, 0.1) is 0 Å². The molecule has 8 aromatic carbocycles. The van der Waals surface area contributed by atoms with E-state index < -0.39 is 0 Å². The second kappa shape index (κ2) is 9.66. The van der Waals surface area contributed by atoms with Gasteiger partial charge >= 0.3 is 0 Å². The van der Waals surface area contributed by atoms with Crippen molar-refractivity contribution in [3.05, 3.63) is 164 Å². The Morgan fingerprint density at radius 1 is 0.268 bits per heavy atom. The molecule has 0 saturated carbocycles. The van der Waals surface area contributed by atoms with Crippen LogP contribution in [-0.2, 0) is 0 Å². The van der Waals surface area contributed by atoms with Crippen LogP contribution >= 0.6 is 0 Å². The maximum Gasteiger partial charge on any atom is 0.0468 e. The monoisotopic (exact) mass is 521 g/mol. The summed E-state index contributed by atoms with van der Waals surface area (Å²) in [6.07, 6.45) is 0.